The fraction of sp³-hybridized carbons (Fsp3) is 0.231. The molecule has 1 aromatic carbocycles. The molecule has 2 aromatic rings. The maximum absolute atomic E-state index is 12.3. The number of halogens is 1. The maximum atomic E-state index is 12.3. The summed E-state index contributed by atoms with van der Waals surface area (Å²) in [4.78, 5) is 0. The molecule has 0 bridgehead atoms. The highest BCUT2D eigenvalue weighted by molar-refractivity contribution is 7.94. The molecule has 4 nitrogen and oxygen atoms in total. The van der Waals surface area contributed by atoms with Crippen LogP contribution in [0.2, 0.25) is 4.34 Å². The van der Waals surface area contributed by atoms with Gasteiger partial charge in [0.15, 0.2) is 0 Å². The lowest BCUT2D eigenvalue weighted by molar-refractivity contribution is 0.602. The number of hydrogen-bond donors (Lipinski definition) is 2. The minimum Gasteiger partial charge on any atom is -0.312 e. The monoisotopic (exact) mass is 328 g/mol. The third kappa shape index (κ3) is 2.69. The van der Waals surface area contributed by atoms with E-state index in [0.29, 0.717) is 10.0 Å². The molecule has 1 aliphatic rings. The van der Waals surface area contributed by atoms with E-state index in [1.54, 1.807) is 12.1 Å². The number of hydrogen-bond acceptors (Lipinski definition) is 4. The molecule has 0 unspecified atom stereocenters. The Labute approximate surface area is 126 Å². The molecule has 106 valence electrons. The molecule has 0 saturated heterocycles. The number of rotatable bonds is 3. The van der Waals surface area contributed by atoms with Crippen LogP contribution in [-0.4, -0.2) is 15.0 Å². The van der Waals surface area contributed by atoms with Crippen LogP contribution in [-0.2, 0) is 23.0 Å². The topological polar surface area (TPSA) is 58.2 Å². The van der Waals surface area contributed by atoms with Crippen molar-refractivity contribution in [1.82, 2.24) is 5.32 Å². The van der Waals surface area contributed by atoms with Gasteiger partial charge in [-0.25, -0.2) is 8.42 Å². The molecular formula is C13H13ClN2O2S2. The number of fused-ring (bicyclic) bond motifs is 1. The number of nitrogens with one attached hydrogen (secondary N) is 2. The van der Waals surface area contributed by atoms with E-state index in [9.17, 15) is 8.42 Å². The Morgan fingerprint density at radius 2 is 2.10 bits per heavy atom. The van der Waals surface area contributed by atoms with Crippen LogP contribution in [0.1, 0.15) is 11.1 Å². The highest BCUT2D eigenvalue weighted by Gasteiger charge is 2.20. The van der Waals surface area contributed by atoms with Gasteiger partial charge < -0.3 is 5.32 Å². The number of benzene rings is 1. The van der Waals surface area contributed by atoms with Crippen molar-refractivity contribution in [3.63, 3.8) is 0 Å². The van der Waals surface area contributed by atoms with E-state index in [1.165, 1.54) is 6.07 Å². The Morgan fingerprint density at radius 3 is 2.85 bits per heavy atom. The third-order valence-electron chi connectivity index (χ3n) is 3.20. The van der Waals surface area contributed by atoms with Crippen molar-refractivity contribution in [3.05, 3.63) is 45.8 Å². The molecule has 2 N–H and O–H groups in total. The minimum absolute atomic E-state index is 0.231. The first kappa shape index (κ1) is 13.9. The average Bonchev–Trinajstić information content (AvgIpc) is 2.86. The van der Waals surface area contributed by atoms with E-state index in [0.717, 1.165) is 42.0 Å². The Kier molecular flexibility index (Phi) is 3.72. The van der Waals surface area contributed by atoms with E-state index in [1.807, 2.05) is 12.1 Å². The van der Waals surface area contributed by atoms with Gasteiger partial charge in [0.1, 0.15) is 4.21 Å². The summed E-state index contributed by atoms with van der Waals surface area (Å²) >= 11 is 6.86. The van der Waals surface area contributed by atoms with Crippen molar-refractivity contribution in [2.45, 2.75) is 17.2 Å². The van der Waals surface area contributed by atoms with Gasteiger partial charge in [0, 0.05) is 6.54 Å². The van der Waals surface area contributed by atoms with E-state index in [2.05, 4.69) is 10.0 Å². The van der Waals surface area contributed by atoms with Crippen LogP contribution in [0.25, 0.3) is 0 Å². The Bertz CT molecular complexity index is 741. The van der Waals surface area contributed by atoms with Crippen LogP contribution in [0.3, 0.4) is 0 Å². The zero-order chi connectivity index (χ0) is 14.2. The first-order valence-electron chi connectivity index (χ1n) is 6.16. The molecule has 0 atom stereocenters. The molecule has 0 amide bonds. The molecular weight excluding hydrogens is 316 g/mol. The highest BCUT2D eigenvalue weighted by atomic mass is 35.5. The summed E-state index contributed by atoms with van der Waals surface area (Å²) in [7, 11) is -3.56. The van der Waals surface area contributed by atoms with Gasteiger partial charge in [-0.1, -0.05) is 23.7 Å². The van der Waals surface area contributed by atoms with Gasteiger partial charge in [-0.15, -0.1) is 11.3 Å². The minimum atomic E-state index is -3.56. The summed E-state index contributed by atoms with van der Waals surface area (Å²) in [5.41, 5.74) is 2.87. The Hall–Kier alpha value is -1.08. The second-order valence-electron chi connectivity index (χ2n) is 4.53. The fourth-order valence-electron chi connectivity index (χ4n) is 2.26. The molecule has 0 radical (unpaired) electrons. The van der Waals surface area contributed by atoms with Crippen molar-refractivity contribution in [2.75, 3.05) is 11.3 Å². The van der Waals surface area contributed by atoms with Gasteiger partial charge >= 0.3 is 0 Å². The summed E-state index contributed by atoms with van der Waals surface area (Å²) in [6.07, 6.45) is 0.819. The lowest BCUT2D eigenvalue weighted by Crippen LogP contribution is -2.25. The molecule has 1 aliphatic heterocycles. The van der Waals surface area contributed by atoms with Gasteiger partial charge in [0.05, 0.1) is 10.0 Å². The van der Waals surface area contributed by atoms with Crippen molar-refractivity contribution >= 4 is 38.6 Å². The van der Waals surface area contributed by atoms with E-state index >= 15 is 0 Å². The lowest BCUT2D eigenvalue weighted by Gasteiger charge is -2.20. The molecule has 2 heterocycles. The molecule has 0 saturated carbocycles. The average molecular weight is 329 g/mol. The van der Waals surface area contributed by atoms with Gasteiger partial charge in [-0.05, 0) is 42.3 Å². The van der Waals surface area contributed by atoms with Crippen molar-refractivity contribution in [1.29, 1.82) is 0 Å². The molecule has 1 aromatic heterocycles. The summed E-state index contributed by atoms with van der Waals surface area (Å²) in [5, 5.41) is 3.27. The number of anilines is 1. The second-order valence-corrected chi connectivity index (χ2v) is 8.16. The standard InChI is InChI=1S/C13H13ClN2O2S2/c14-12-4-5-13(19-12)20(17,18)16-11-3-1-2-9-8-15-7-6-10(9)11/h1-5,15-16H,6-8H2. The summed E-state index contributed by atoms with van der Waals surface area (Å²) < 4.78 is 28.0. The zero-order valence-corrected chi connectivity index (χ0v) is 12.9. The summed E-state index contributed by atoms with van der Waals surface area (Å²) in [6, 6.07) is 8.79. The van der Waals surface area contributed by atoms with Crippen molar-refractivity contribution in [2.24, 2.45) is 0 Å². The van der Waals surface area contributed by atoms with Crippen LogP contribution in [0, 0.1) is 0 Å². The molecule has 0 spiro atoms. The van der Waals surface area contributed by atoms with Crippen LogP contribution >= 0.6 is 22.9 Å². The SMILES string of the molecule is O=S(=O)(Nc1cccc2c1CCNC2)c1ccc(Cl)s1. The predicted molar refractivity (Wildman–Crippen MR) is 82.0 cm³/mol. The third-order valence-corrected chi connectivity index (χ3v) is 6.29. The van der Waals surface area contributed by atoms with Crippen molar-refractivity contribution < 1.29 is 8.42 Å². The predicted octanol–water partition coefficient (Wildman–Crippen LogP) is 2.85. The van der Waals surface area contributed by atoms with Gasteiger partial charge in [-0.3, -0.25) is 4.72 Å². The molecule has 7 heteroatoms. The highest BCUT2D eigenvalue weighted by Crippen LogP contribution is 2.29. The molecule has 3 rings (SSSR count). The van der Waals surface area contributed by atoms with Crippen LogP contribution in [0.4, 0.5) is 5.69 Å². The quantitative estimate of drug-likeness (QED) is 0.911. The molecule has 20 heavy (non-hydrogen) atoms. The number of thiophene rings is 1. The van der Waals surface area contributed by atoms with Gasteiger partial charge in [0.25, 0.3) is 10.0 Å². The van der Waals surface area contributed by atoms with E-state index < -0.39 is 10.0 Å². The molecule has 0 fully saturated rings. The van der Waals surface area contributed by atoms with E-state index in [4.69, 9.17) is 11.6 Å². The largest absolute Gasteiger partial charge is 0.312 e. The van der Waals surface area contributed by atoms with E-state index in [-0.39, 0.29) is 4.21 Å². The zero-order valence-electron chi connectivity index (χ0n) is 10.5. The maximum Gasteiger partial charge on any atom is 0.271 e. The number of sulfonamides is 1. The smallest absolute Gasteiger partial charge is 0.271 e. The van der Waals surface area contributed by atoms with Crippen LogP contribution in [0.5, 0.6) is 0 Å². The second kappa shape index (κ2) is 5.37. The van der Waals surface area contributed by atoms with Gasteiger partial charge in [-0.2, -0.15) is 0 Å². The summed E-state index contributed by atoms with van der Waals surface area (Å²) in [6.45, 7) is 1.63. The fourth-order valence-corrected chi connectivity index (χ4v) is 4.84. The van der Waals surface area contributed by atoms with Crippen molar-refractivity contribution in [3.8, 4) is 0 Å². The van der Waals surface area contributed by atoms with Gasteiger partial charge in [0.2, 0.25) is 0 Å². The van der Waals surface area contributed by atoms with Crippen LogP contribution < -0.4 is 10.0 Å². The first-order chi connectivity index (χ1) is 9.56. The Balaban J connectivity index is 1.95. The summed E-state index contributed by atoms with van der Waals surface area (Å²) in [5.74, 6) is 0. The normalized spacial score (nSPS) is 14.8. The first-order valence-corrected chi connectivity index (χ1v) is 8.84. The lowest BCUT2D eigenvalue weighted by atomic mass is 9.99. The van der Waals surface area contributed by atoms with Crippen LogP contribution in [0.15, 0.2) is 34.5 Å². The molecule has 0 aliphatic carbocycles. The Morgan fingerprint density at radius 1 is 1.25 bits per heavy atom.